The van der Waals surface area contributed by atoms with Gasteiger partial charge in [-0.05, 0) is 78.1 Å². The van der Waals surface area contributed by atoms with E-state index >= 15 is 0 Å². The molecule has 0 atom stereocenters. The maximum absolute atomic E-state index is 13.1. The molecule has 284 valence electrons. The highest BCUT2D eigenvalue weighted by Crippen LogP contribution is 2.34. The van der Waals surface area contributed by atoms with Crippen molar-refractivity contribution >= 4 is 58.7 Å². The van der Waals surface area contributed by atoms with Gasteiger partial charge < -0.3 is 23.5 Å². The average Bonchev–Trinajstić information content (AvgIpc) is 3.58. The summed E-state index contributed by atoms with van der Waals surface area (Å²) in [5, 5.41) is 1.03. The van der Waals surface area contributed by atoms with Crippen molar-refractivity contribution in [3.63, 3.8) is 0 Å². The van der Waals surface area contributed by atoms with E-state index in [2.05, 4.69) is 58.2 Å². The molecule has 1 aliphatic heterocycles. The molecule has 0 saturated carbocycles. The Hall–Kier alpha value is -5.06. The van der Waals surface area contributed by atoms with Crippen LogP contribution in [0.15, 0.2) is 108 Å². The second-order valence-electron chi connectivity index (χ2n) is 13.3. The molecule has 9 nitrogen and oxygen atoms in total. The molecule has 1 fully saturated rings. The van der Waals surface area contributed by atoms with Crippen LogP contribution in [-0.2, 0) is 24.4 Å². The molecule has 0 spiro atoms. The zero-order chi connectivity index (χ0) is 37.4. The average molecular weight is 800 g/mol. The number of hydrogen-bond acceptors (Lipinski definition) is 8. The summed E-state index contributed by atoms with van der Waals surface area (Å²) in [7, 11) is 0. The Labute approximate surface area is 336 Å². The molecule has 1 saturated heterocycles. The fourth-order valence-electron chi connectivity index (χ4n) is 6.12. The molecule has 0 bridgehead atoms. The minimum absolute atomic E-state index is 0. The third-order valence-electron chi connectivity index (χ3n) is 9.17. The lowest BCUT2D eigenvalue weighted by atomic mass is 10.1. The number of carbonyl (C=O) groups is 1. The molecule has 12 heteroatoms. The van der Waals surface area contributed by atoms with Gasteiger partial charge in [0.05, 0.1) is 17.8 Å². The van der Waals surface area contributed by atoms with Gasteiger partial charge >= 0.3 is 6.08 Å². The molecule has 1 amide bonds. The smallest absolute Gasteiger partial charge is 0.394 e. The first-order valence-corrected chi connectivity index (χ1v) is 18.6. The van der Waals surface area contributed by atoms with Crippen LogP contribution in [0.1, 0.15) is 33.4 Å². The molecule has 55 heavy (non-hydrogen) atoms. The number of fused-ring (bicyclic) bond motifs is 1. The van der Waals surface area contributed by atoms with Crippen LogP contribution >= 0.6 is 35.6 Å². The van der Waals surface area contributed by atoms with E-state index in [-0.39, 0.29) is 24.4 Å². The lowest BCUT2D eigenvalue weighted by molar-refractivity contribution is -0.127. The van der Waals surface area contributed by atoms with Crippen molar-refractivity contribution in [3.8, 4) is 23.5 Å². The van der Waals surface area contributed by atoms with Gasteiger partial charge in [0, 0.05) is 62.4 Å². The van der Waals surface area contributed by atoms with E-state index in [1.165, 1.54) is 16.7 Å². The third kappa shape index (κ3) is 10.8. The van der Waals surface area contributed by atoms with E-state index in [1.54, 1.807) is 42.6 Å². The Balaban J connectivity index is 0.00000514. The zero-order valence-corrected chi connectivity index (χ0v) is 32.9. The van der Waals surface area contributed by atoms with Crippen LogP contribution < -0.4 is 14.2 Å². The van der Waals surface area contributed by atoms with Crippen LogP contribution in [-0.4, -0.2) is 58.5 Å². The van der Waals surface area contributed by atoms with Crippen LogP contribution in [0.4, 0.5) is 0 Å². The minimum atomic E-state index is -0.0224. The maximum Gasteiger partial charge on any atom is 0.394 e. The van der Waals surface area contributed by atoms with E-state index in [1.807, 2.05) is 42.2 Å². The number of carbonyl (C=O) groups excluding carboxylic acids is 1. The summed E-state index contributed by atoms with van der Waals surface area (Å²) in [4.78, 5) is 26.1. The summed E-state index contributed by atoms with van der Waals surface area (Å²) in [6.45, 7) is 8.64. The number of nitrogens with zero attached hydrogens (tertiary/aromatic N) is 4. The van der Waals surface area contributed by atoms with E-state index in [4.69, 9.17) is 41.8 Å². The SMILES string of the molecule is Cc1ccc(COc2ccc(Oc3c(C)cc(/C=C/C(=O)N4CCN(Cc5ccc(CCOc6nc7ccc(Cl)cc7o6)cc5)CC4)cc3Cl)nc2)cc1.Cl. The van der Waals surface area contributed by atoms with E-state index in [0.717, 1.165) is 42.7 Å². The first-order valence-electron chi connectivity index (χ1n) is 17.8. The lowest BCUT2D eigenvalue weighted by Crippen LogP contribution is -2.47. The number of aryl methyl sites for hydroxylation is 2. The number of piperazine rings is 1. The molecule has 1 aliphatic rings. The number of hydrogen-bond donors (Lipinski definition) is 0. The van der Waals surface area contributed by atoms with Gasteiger partial charge in [-0.2, -0.15) is 4.98 Å². The lowest BCUT2D eigenvalue weighted by Gasteiger charge is -2.34. The van der Waals surface area contributed by atoms with Gasteiger partial charge in [0.2, 0.25) is 11.8 Å². The standard InChI is InChI=1S/C43H40Cl2N4O5.ClH/c1-29-3-5-33(6-4-29)28-52-36-13-15-40(46-26-36)54-42-30(2)23-34(24-37(42)45)11-16-41(50)49-20-18-48(19-21-49)27-32-9-7-31(8-10-32)17-22-51-43-47-38-14-12-35(44)25-39(38)53-43;/h3-16,23-26H,17-22,27-28H2,1-2H3;1H/b16-11+;. The number of aromatic nitrogens is 2. The molecule has 4 aromatic carbocycles. The second-order valence-corrected chi connectivity index (χ2v) is 14.1. The number of rotatable bonds is 13. The van der Waals surface area contributed by atoms with Crippen LogP contribution in [0, 0.1) is 13.8 Å². The number of pyridine rings is 1. The fraction of sp³-hybridized carbons (Fsp3) is 0.233. The number of halogens is 3. The van der Waals surface area contributed by atoms with Crippen molar-refractivity contribution in [1.29, 1.82) is 0 Å². The summed E-state index contributed by atoms with van der Waals surface area (Å²) < 4.78 is 23.2. The van der Waals surface area contributed by atoms with Gasteiger partial charge in [-0.15, -0.1) is 12.4 Å². The van der Waals surface area contributed by atoms with Crippen molar-refractivity contribution in [2.45, 2.75) is 33.4 Å². The zero-order valence-electron chi connectivity index (χ0n) is 30.5. The second kappa shape index (κ2) is 18.5. The minimum Gasteiger partial charge on any atom is -0.487 e. The predicted molar refractivity (Wildman–Crippen MR) is 219 cm³/mol. The number of oxazole rings is 1. The van der Waals surface area contributed by atoms with Crippen LogP contribution in [0.3, 0.4) is 0 Å². The Morgan fingerprint density at radius 3 is 2.33 bits per heavy atom. The molecule has 0 unspecified atom stereocenters. The normalized spacial score (nSPS) is 13.2. The van der Waals surface area contributed by atoms with Crippen molar-refractivity contribution < 1.29 is 23.4 Å². The molecule has 0 N–H and O–H groups in total. The molecule has 3 heterocycles. The van der Waals surface area contributed by atoms with Gasteiger partial charge in [-0.1, -0.05) is 77.3 Å². The molecule has 6 aromatic rings. The van der Waals surface area contributed by atoms with Crippen molar-refractivity contribution in [3.05, 3.63) is 147 Å². The molecule has 0 radical (unpaired) electrons. The Morgan fingerprint density at radius 2 is 1.60 bits per heavy atom. The first-order chi connectivity index (χ1) is 26.2. The van der Waals surface area contributed by atoms with Gasteiger partial charge in [-0.25, -0.2) is 4.98 Å². The fourth-order valence-corrected chi connectivity index (χ4v) is 6.59. The van der Waals surface area contributed by atoms with Crippen LogP contribution in [0.25, 0.3) is 17.2 Å². The van der Waals surface area contributed by atoms with E-state index in [9.17, 15) is 4.79 Å². The molecular formula is C43H41Cl3N4O5. The van der Waals surface area contributed by atoms with E-state index < -0.39 is 0 Å². The van der Waals surface area contributed by atoms with Gasteiger partial charge in [-0.3, -0.25) is 9.69 Å². The highest BCUT2D eigenvalue weighted by Gasteiger charge is 2.20. The monoisotopic (exact) mass is 798 g/mol. The Bertz CT molecular complexity index is 2210. The number of amides is 1. The van der Waals surface area contributed by atoms with Crippen LogP contribution in [0.2, 0.25) is 10.0 Å². The highest BCUT2D eigenvalue weighted by molar-refractivity contribution is 6.32. The van der Waals surface area contributed by atoms with Gasteiger partial charge in [0.1, 0.15) is 17.9 Å². The summed E-state index contributed by atoms with van der Waals surface area (Å²) >= 11 is 12.7. The van der Waals surface area contributed by atoms with Crippen molar-refractivity contribution in [2.75, 3.05) is 32.8 Å². The van der Waals surface area contributed by atoms with E-state index in [0.29, 0.717) is 64.8 Å². The maximum atomic E-state index is 13.1. The molecule has 2 aromatic heterocycles. The van der Waals surface area contributed by atoms with Crippen LogP contribution in [0.5, 0.6) is 23.5 Å². The quantitative estimate of drug-likeness (QED) is 0.107. The Morgan fingerprint density at radius 1 is 0.855 bits per heavy atom. The first kappa shape index (κ1) is 39.6. The van der Waals surface area contributed by atoms with Crippen molar-refractivity contribution in [2.24, 2.45) is 0 Å². The number of benzene rings is 4. The highest BCUT2D eigenvalue weighted by atomic mass is 35.5. The largest absolute Gasteiger partial charge is 0.487 e. The predicted octanol–water partition coefficient (Wildman–Crippen LogP) is 9.92. The summed E-state index contributed by atoms with van der Waals surface area (Å²) in [5.41, 5.74) is 7.66. The summed E-state index contributed by atoms with van der Waals surface area (Å²) in [5.74, 6) is 1.55. The molecular weight excluding hydrogens is 759 g/mol. The molecule has 0 aliphatic carbocycles. The summed E-state index contributed by atoms with van der Waals surface area (Å²) in [6, 6.07) is 29.4. The Kier molecular flexibility index (Phi) is 13.3. The van der Waals surface area contributed by atoms with Gasteiger partial charge in [0.15, 0.2) is 11.3 Å². The topological polar surface area (TPSA) is 90.2 Å². The third-order valence-corrected chi connectivity index (χ3v) is 9.69. The van der Waals surface area contributed by atoms with Gasteiger partial charge in [0.25, 0.3) is 0 Å². The summed E-state index contributed by atoms with van der Waals surface area (Å²) in [6.07, 6.45) is 6.02. The molecule has 7 rings (SSSR count). The number of ether oxygens (including phenoxy) is 3. The van der Waals surface area contributed by atoms with Crippen molar-refractivity contribution in [1.82, 2.24) is 19.8 Å².